The van der Waals surface area contributed by atoms with Crippen LogP contribution in [0.25, 0.3) is 10.2 Å². The number of nitrogens with zero attached hydrogens (tertiary/aromatic N) is 2. The molecule has 1 fully saturated rings. The summed E-state index contributed by atoms with van der Waals surface area (Å²) in [5, 5.41) is 16.4. The minimum Gasteiger partial charge on any atom is -0.384 e. The van der Waals surface area contributed by atoms with Crippen LogP contribution in [0.2, 0.25) is 5.02 Å². The number of aromatic nitrogens is 1. The fourth-order valence-electron chi connectivity index (χ4n) is 4.55. The second-order valence-corrected chi connectivity index (χ2v) is 11.1. The molecule has 3 aromatic rings. The lowest BCUT2D eigenvalue weighted by atomic mass is 9.66. The first-order valence-electron chi connectivity index (χ1n) is 11.0. The molecule has 0 unspecified atom stereocenters. The topological polar surface area (TPSA) is 65.5 Å². The summed E-state index contributed by atoms with van der Waals surface area (Å²) in [5.41, 5.74) is 0.225. The molecule has 0 aliphatic carbocycles. The number of fused-ring (bicyclic) bond motifs is 1. The maximum atomic E-state index is 13.6. The van der Waals surface area contributed by atoms with Gasteiger partial charge >= 0.3 is 0 Å². The molecule has 1 aliphatic heterocycles. The molecule has 0 bridgehead atoms. The van der Waals surface area contributed by atoms with Gasteiger partial charge in [-0.15, -0.1) is 0 Å². The Labute approximate surface area is 198 Å². The van der Waals surface area contributed by atoms with E-state index in [2.05, 4.69) is 10.3 Å². The maximum absolute atomic E-state index is 13.6. The molecule has 7 heteroatoms. The first-order chi connectivity index (χ1) is 15.1. The first-order valence-corrected chi connectivity index (χ1v) is 12.2. The molecule has 32 heavy (non-hydrogen) atoms. The third-order valence-corrected chi connectivity index (χ3v) is 7.81. The molecule has 170 valence electrons. The number of thiazole rings is 1. The molecule has 2 heterocycles. The van der Waals surface area contributed by atoms with Crippen LogP contribution in [0.4, 0.5) is 5.13 Å². The molecule has 1 amide bonds. The van der Waals surface area contributed by atoms with E-state index in [1.165, 1.54) is 0 Å². The number of anilines is 1. The zero-order valence-electron chi connectivity index (χ0n) is 18.9. The van der Waals surface area contributed by atoms with Gasteiger partial charge in [0, 0.05) is 23.5 Å². The van der Waals surface area contributed by atoms with E-state index in [0.717, 1.165) is 20.9 Å². The summed E-state index contributed by atoms with van der Waals surface area (Å²) in [4.78, 5) is 20.1. The lowest BCUT2D eigenvalue weighted by Gasteiger charge is -2.51. The number of amides is 1. The molecule has 4 rings (SSSR count). The number of aliphatic hydroxyl groups is 1. The number of piperidine rings is 1. The highest BCUT2D eigenvalue weighted by Crippen LogP contribution is 2.46. The van der Waals surface area contributed by atoms with Gasteiger partial charge in [0.15, 0.2) is 5.13 Å². The van der Waals surface area contributed by atoms with Gasteiger partial charge in [-0.1, -0.05) is 74.9 Å². The van der Waals surface area contributed by atoms with Crippen LogP contribution >= 0.6 is 22.9 Å². The van der Waals surface area contributed by atoms with Gasteiger partial charge in [-0.2, -0.15) is 0 Å². The van der Waals surface area contributed by atoms with Gasteiger partial charge in [-0.05, 0) is 42.2 Å². The smallest absolute Gasteiger partial charge is 0.245 e. The minimum atomic E-state index is -1.03. The molecule has 0 saturated carbocycles. The van der Waals surface area contributed by atoms with E-state index in [1.807, 2.05) is 69.0 Å². The van der Waals surface area contributed by atoms with Gasteiger partial charge in [0.05, 0.1) is 15.8 Å². The third kappa shape index (κ3) is 4.24. The van der Waals surface area contributed by atoms with E-state index in [9.17, 15) is 9.90 Å². The van der Waals surface area contributed by atoms with Crippen molar-refractivity contribution < 1.29 is 9.90 Å². The summed E-state index contributed by atoms with van der Waals surface area (Å²) in [6, 6.07) is 15.0. The number of halogens is 1. The quantitative estimate of drug-likeness (QED) is 0.513. The summed E-state index contributed by atoms with van der Waals surface area (Å²) in [5.74, 6) is 0.139. The Morgan fingerprint density at radius 3 is 2.50 bits per heavy atom. The normalized spacial score (nSPS) is 21.7. The van der Waals surface area contributed by atoms with Gasteiger partial charge in [-0.3, -0.25) is 4.79 Å². The van der Waals surface area contributed by atoms with Crippen LogP contribution in [0.5, 0.6) is 0 Å². The zero-order chi connectivity index (χ0) is 23.1. The second-order valence-electron chi connectivity index (χ2n) is 9.61. The van der Waals surface area contributed by atoms with Crippen LogP contribution in [0.3, 0.4) is 0 Å². The van der Waals surface area contributed by atoms with Crippen LogP contribution in [0, 0.1) is 11.3 Å². The molecule has 0 spiro atoms. The minimum absolute atomic E-state index is 0.0467. The van der Waals surface area contributed by atoms with Crippen LogP contribution in [-0.4, -0.2) is 40.0 Å². The SMILES string of the molecule is CC(C)[C@@H](Nc1nc2ccccc2s1)C(=O)N1CC[C@](O)(c2ccc(Cl)cc2)C(C)(C)C1. The van der Waals surface area contributed by atoms with Crippen molar-refractivity contribution in [3.8, 4) is 0 Å². The van der Waals surface area contributed by atoms with Gasteiger partial charge in [0.2, 0.25) is 5.91 Å². The van der Waals surface area contributed by atoms with E-state index in [4.69, 9.17) is 11.6 Å². The average molecular weight is 472 g/mol. The van der Waals surface area contributed by atoms with E-state index in [1.54, 1.807) is 23.5 Å². The van der Waals surface area contributed by atoms with Crippen molar-refractivity contribution in [2.45, 2.75) is 45.8 Å². The number of carbonyl (C=O) groups is 1. The van der Waals surface area contributed by atoms with Gasteiger partial charge in [-0.25, -0.2) is 4.98 Å². The zero-order valence-corrected chi connectivity index (χ0v) is 20.5. The summed E-state index contributed by atoms with van der Waals surface area (Å²) in [7, 11) is 0. The molecular weight excluding hydrogens is 442 g/mol. The van der Waals surface area contributed by atoms with Crippen molar-refractivity contribution in [1.29, 1.82) is 0 Å². The van der Waals surface area contributed by atoms with Gasteiger partial charge in [0.25, 0.3) is 0 Å². The number of carbonyl (C=O) groups excluding carboxylic acids is 1. The predicted molar refractivity (Wildman–Crippen MR) is 132 cm³/mol. The van der Waals surface area contributed by atoms with Crippen molar-refractivity contribution in [1.82, 2.24) is 9.88 Å². The average Bonchev–Trinajstić information content (AvgIpc) is 3.16. The number of rotatable bonds is 5. The molecule has 1 saturated heterocycles. The highest BCUT2D eigenvalue weighted by atomic mass is 35.5. The highest BCUT2D eigenvalue weighted by Gasteiger charge is 2.50. The fourth-order valence-corrected chi connectivity index (χ4v) is 5.58. The largest absolute Gasteiger partial charge is 0.384 e. The lowest BCUT2D eigenvalue weighted by molar-refractivity contribution is -0.154. The number of likely N-dealkylation sites (tertiary alicyclic amines) is 1. The molecule has 2 atom stereocenters. The van der Waals surface area contributed by atoms with Crippen molar-refractivity contribution >= 4 is 44.2 Å². The summed E-state index contributed by atoms with van der Waals surface area (Å²) >= 11 is 7.60. The standard InChI is InChI=1S/C25H30ClN3O2S/c1-16(2)21(28-23-27-19-7-5-6-8-20(19)32-23)22(30)29-14-13-25(31,24(3,4)15-29)17-9-11-18(26)12-10-17/h5-12,16,21,31H,13-15H2,1-4H3,(H,27,28)/t21-,25+/m1/s1. The van der Waals surface area contributed by atoms with E-state index in [-0.39, 0.29) is 17.9 Å². The Morgan fingerprint density at radius 1 is 1.19 bits per heavy atom. The van der Waals surface area contributed by atoms with Gasteiger partial charge < -0.3 is 15.3 Å². The maximum Gasteiger partial charge on any atom is 0.245 e. The lowest BCUT2D eigenvalue weighted by Crippen LogP contribution is -2.59. The highest BCUT2D eigenvalue weighted by molar-refractivity contribution is 7.22. The summed E-state index contributed by atoms with van der Waals surface area (Å²) in [6.07, 6.45) is 0.472. The van der Waals surface area contributed by atoms with Crippen molar-refractivity contribution in [2.24, 2.45) is 11.3 Å². The van der Waals surface area contributed by atoms with E-state index in [0.29, 0.717) is 24.5 Å². The summed E-state index contributed by atoms with van der Waals surface area (Å²) < 4.78 is 1.09. The first kappa shape index (κ1) is 23.0. The Kier molecular flexibility index (Phi) is 6.23. The van der Waals surface area contributed by atoms with Crippen LogP contribution < -0.4 is 5.32 Å². The Hall–Kier alpha value is -2.15. The fraction of sp³-hybridized carbons (Fsp3) is 0.440. The summed E-state index contributed by atoms with van der Waals surface area (Å²) in [6.45, 7) is 9.09. The van der Waals surface area contributed by atoms with Crippen LogP contribution in [0.15, 0.2) is 48.5 Å². The van der Waals surface area contributed by atoms with Crippen molar-refractivity contribution in [3.05, 3.63) is 59.1 Å². The Bertz CT molecular complexity index is 1080. The molecule has 2 aromatic carbocycles. The monoisotopic (exact) mass is 471 g/mol. The molecule has 1 aliphatic rings. The number of hydrogen-bond donors (Lipinski definition) is 2. The van der Waals surface area contributed by atoms with Crippen molar-refractivity contribution in [3.63, 3.8) is 0 Å². The second kappa shape index (κ2) is 8.65. The molecule has 1 aromatic heterocycles. The number of benzene rings is 2. The number of hydrogen-bond acceptors (Lipinski definition) is 5. The number of para-hydroxylation sites is 1. The van der Waals surface area contributed by atoms with Crippen LogP contribution in [-0.2, 0) is 10.4 Å². The molecule has 0 radical (unpaired) electrons. The Morgan fingerprint density at radius 2 is 1.88 bits per heavy atom. The van der Waals surface area contributed by atoms with Crippen molar-refractivity contribution in [2.75, 3.05) is 18.4 Å². The molecule has 2 N–H and O–H groups in total. The van der Waals surface area contributed by atoms with E-state index < -0.39 is 11.0 Å². The number of nitrogens with one attached hydrogen (secondary N) is 1. The molecule has 5 nitrogen and oxygen atoms in total. The van der Waals surface area contributed by atoms with Crippen LogP contribution in [0.1, 0.15) is 39.7 Å². The molecular formula is C25H30ClN3O2S. The predicted octanol–water partition coefficient (Wildman–Crippen LogP) is 5.53. The van der Waals surface area contributed by atoms with E-state index >= 15 is 0 Å². The Balaban J connectivity index is 1.53. The van der Waals surface area contributed by atoms with Gasteiger partial charge in [0.1, 0.15) is 6.04 Å². The third-order valence-electron chi connectivity index (χ3n) is 6.59.